The van der Waals surface area contributed by atoms with Crippen molar-refractivity contribution in [3.05, 3.63) is 32.8 Å². The first-order chi connectivity index (χ1) is 8.70. The average Bonchev–Trinajstić information content (AvgIpc) is 2.80. The molecule has 2 aromatic heterocycles. The molecule has 0 N–H and O–H groups in total. The molecule has 9 heteroatoms. The van der Waals surface area contributed by atoms with Gasteiger partial charge in [-0.2, -0.15) is 18.3 Å². The zero-order valence-corrected chi connectivity index (χ0v) is 10.7. The summed E-state index contributed by atoms with van der Waals surface area (Å²) in [6.45, 7) is 1.65. The molecule has 0 saturated carbocycles. The van der Waals surface area contributed by atoms with Gasteiger partial charge in [-0.3, -0.25) is 14.8 Å². The Balaban J connectivity index is 2.60. The zero-order chi connectivity index (χ0) is 14.4. The molecule has 0 atom stereocenters. The van der Waals surface area contributed by atoms with E-state index in [0.717, 1.165) is 22.1 Å². The Bertz CT molecular complexity index is 645. The van der Waals surface area contributed by atoms with Crippen LogP contribution < -0.4 is 0 Å². The van der Waals surface area contributed by atoms with Crippen LogP contribution in [0.1, 0.15) is 10.6 Å². The number of alkyl halides is 3. The highest BCUT2D eigenvalue weighted by Gasteiger charge is 2.35. The summed E-state index contributed by atoms with van der Waals surface area (Å²) in [5.74, 6) is 0. The van der Waals surface area contributed by atoms with Crippen LogP contribution in [0.5, 0.6) is 0 Å². The molecule has 0 unspecified atom stereocenters. The molecule has 2 heterocycles. The van der Waals surface area contributed by atoms with Crippen molar-refractivity contribution in [2.75, 3.05) is 0 Å². The summed E-state index contributed by atoms with van der Waals surface area (Å²) < 4.78 is 38.7. The number of hydrogen-bond acceptors (Lipinski definition) is 4. The van der Waals surface area contributed by atoms with Gasteiger partial charge in [0.2, 0.25) is 0 Å². The SMILES string of the molecule is Cc1cc([N+](=O)[O-])c(-c2cc(C(F)(F)F)nn2C)s1. The minimum absolute atomic E-state index is 0.0807. The molecule has 0 aliphatic heterocycles. The Morgan fingerprint density at radius 1 is 1.42 bits per heavy atom. The van der Waals surface area contributed by atoms with Crippen molar-refractivity contribution in [1.82, 2.24) is 9.78 Å². The maximum atomic E-state index is 12.6. The second-order valence-corrected chi connectivity index (χ2v) is 5.12. The minimum Gasteiger partial charge on any atom is -0.266 e. The topological polar surface area (TPSA) is 61.0 Å². The normalized spacial score (nSPS) is 11.8. The van der Waals surface area contributed by atoms with Gasteiger partial charge in [0, 0.05) is 18.0 Å². The number of hydrogen-bond donors (Lipinski definition) is 0. The van der Waals surface area contributed by atoms with Crippen LogP contribution >= 0.6 is 11.3 Å². The van der Waals surface area contributed by atoms with E-state index < -0.39 is 16.8 Å². The maximum Gasteiger partial charge on any atom is 0.435 e. The Hall–Kier alpha value is -1.90. The molecule has 0 aromatic carbocycles. The van der Waals surface area contributed by atoms with Gasteiger partial charge in [-0.1, -0.05) is 0 Å². The molecule has 2 aromatic rings. The minimum atomic E-state index is -4.57. The lowest BCUT2D eigenvalue weighted by atomic mass is 10.2. The Morgan fingerprint density at radius 2 is 2.05 bits per heavy atom. The summed E-state index contributed by atoms with van der Waals surface area (Å²) in [6, 6.07) is 2.15. The van der Waals surface area contributed by atoms with Crippen LogP contribution in [0.15, 0.2) is 12.1 Å². The molecule has 0 saturated heterocycles. The standard InChI is InChI=1S/C10H8F3N3O2S/c1-5-3-7(16(17)18)9(19-5)6-4-8(10(11,12)13)14-15(6)2/h3-4H,1-2H3. The van der Waals surface area contributed by atoms with E-state index in [4.69, 9.17) is 0 Å². The van der Waals surface area contributed by atoms with Crippen molar-refractivity contribution in [3.63, 3.8) is 0 Å². The van der Waals surface area contributed by atoms with Crippen molar-refractivity contribution in [1.29, 1.82) is 0 Å². The molecular weight excluding hydrogens is 283 g/mol. The Labute approximate surface area is 109 Å². The third-order valence-electron chi connectivity index (χ3n) is 2.44. The highest BCUT2D eigenvalue weighted by Crippen LogP contribution is 2.39. The van der Waals surface area contributed by atoms with E-state index in [-0.39, 0.29) is 16.3 Å². The smallest absolute Gasteiger partial charge is 0.266 e. The summed E-state index contributed by atoms with van der Waals surface area (Å²) in [4.78, 5) is 11.1. The largest absolute Gasteiger partial charge is 0.435 e. The number of rotatable bonds is 2. The Morgan fingerprint density at radius 3 is 2.53 bits per heavy atom. The molecule has 102 valence electrons. The first-order valence-electron chi connectivity index (χ1n) is 5.06. The second-order valence-electron chi connectivity index (χ2n) is 3.86. The number of aryl methyl sites for hydroxylation is 2. The molecule has 5 nitrogen and oxygen atoms in total. The number of aromatic nitrogens is 2. The van der Waals surface area contributed by atoms with Crippen molar-refractivity contribution < 1.29 is 18.1 Å². The summed E-state index contributed by atoms with van der Waals surface area (Å²) in [6.07, 6.45) is -4.57. The van der Waals surface area contributed by atoms with E-state index in [2.05, 4.69) is 5.10 Å². The van der Waals surface area contributed by atoms with Crippen LogP contribution in [0.4, 0.5) is 18.9 Å². The van der Waals surface area contributed by atoms with Crippen LogP contribution in [-0.2, 0) is 13.2 Å². The van der Waals surface area contributed by atoms with Gasteiger partial charge in [-0.05, 0) is 13.0 Å². The van der Waals surface area contributed by atoms with Gasteiger partial charge < -0.3 is 0 Å². The quantitative estimate of drug-likeness (QED) is 0.629. The van der Waals surface area contributed by atoms with Crippen LogP contribution in [0, 0.1) is 17.0 Å². The van der Waals surface area contributed by atoms with Crippen molar-refractivity contribution in [2.24, 2.45) is 7.05 Å². The third-order valence-corrected chi connectivity index (χ3v) is 3.50. The molecule has 0 aliphatic carbocycles. The Kier molecular flexibility index (Phi) is 3.09. The van der Waals surface area contributed by atoms with Crippen molar-refractivity contribution in [2.45, 2.75) is 13.1 Å². The fourth-order valence-electron chi connectivity index (χ4n) is 1.64. The molecule has 0 aliphatic rings. The van der Waals surface area contributed by atoms with Crippen LogP contribution in [0.2, 0.25) is 0 Å². The van der Waals surface area contributed by atoms with Crippen LogP contribution in [0.25, 0.3) is 10.6 Å². The second kappa shape index (κ2) is 4.34. The van der Waals surface area contributed by atoms with Crippen LogP contribution in [0.3, 0.4) is 0 Å². The predicted octanol–water partition coefficient (Wildman–Crippen LogP) is 3.38. The lowest BCUT2D eigenvalue weighted by Crippen LogP contribution is -2.06. The molecular formula is C10H8F3N3O2S. The van der Waals surface area contributed by atoms with E-state index >= 15 is 0 Å². The number of nitrogens with zero attached hydrogens (tertiary/aromatic N) is 3. The van der Waals surface area contributed by atoms with Gasteiger partial charge in [0.15, 0.2) is 5.69 Å². The van der Waals surface area contributed by atoms with E-state index in [9.17, 15) is 23.3 Å². The molecule has 19 heavy (non-hydrogen) atoms. The van der Waals surface area contributed by atoms with Gasteiger partial charge in [0.05, 0.1) is 10.6 Å². The summed E-state index contributed by atoms with van der Waals surface area (Å²) in [7, 11) is 1.32. The van der Waals surface area contributed by atoms with E-state index in [0.29, 0.717) is 4.88 Å². The molecule has 0 radical (unpaired) electrons. The summed E-state index contributed by atoms with van der Waals surface area (Å²) >= 11 is 1.06. The van der Waals surface area contributed by atoms with Gasteiger partial charge in [0.25, 0.3) is 5.69 Å². The third kappa shape index (κ3) is 2.46. The van der Waals surface area contributed by atoms with E-state index in [1.807, 2.05) is 0 Å². The van der Waals surface area contributed by atoms with Gasteiger partial charge in [-0.25, -0.2) is 0 Å². The monoisotopic (exact) mass is 291 g/mol. The predicted molar refractivity (Wildman–Crippen MR) is 62.9 cm³/mol. The van der Waals surface area contributed by atoms with Crippen molar-refractivity contribution in [3.8, 4) is 10.6 Å². The maximum absolute atomic E-state index is 12.6. The van der Waals surface area contributed by atoms with Crippen molar-refractivity contribution >= 4 is 17.0 Å². The zero-order valence-electron chi connectivity index (χ0n) is 9.85. The molecule has 2 rings (SSSR count). The fraction of sp³-hybridized carbons (Fsp3) is 0.300. The number of thiophene rings is 1. The molecule has 0 bridgehead atoms. The van der Waals surface area contributed by atoms with Gasteiger partial charge >= 0.3 is 6.18 Å². The van der Waals surface area contributed by atoms with Gasteiger partial charge in [0.1, 0.15) is 4.88 Å². The number of nitro groups is 1. The molecule has 0 spiro atoms. The first kappa shape index (κ1) is 13.5. The van der Waals surface area contributed by atoms with Gasteiger partial charge in [-0.15, -0.1) is 11.3 Å². The lowest BCUT2D eigenvalue weighted by Gasteiger charge is -1.99. The summed E-state index contributed by atoms with van der Waals surface area (Å²) in [5.41, 5.74) is -1.19. The van der Waals surface area contributed by atoms with Crippen LogP contribution in [-0.4, -0.2) is 14.7 Å². The number of halogens is 3. The first-order valence-corrected chi connectivity index (χ1v) is 5.88. The van der Waals surface area contributed by atoms with E-state index in [1.165, 1.54) is 13.1 Å². The average molecular weight is 291 g/mol. The van der Waals surface area contributed by atoms with E-state index in [1.54, 1.807) is 6.92 Å². The highest BCUT2D eigenvalue weighted by atomic mass is 32.1. The molecule has 0 fully saturated rings. The summed E-state index contributed by atoms with van der Waals surface area (Å²) in [5, 5.41) is 14.2. The molecule has 0 amide bonds. The fourth-order valence-corrected chi connectivity index (χ4v) is 2.66. The lowest BCUT2D eigenvalue weighted by molar-refractivity contribution is -0.383. The highest BCUT2D eigenvalue weighted by molar-refractivity contribution is 7.16.